The molecule has 2 amide bonds. The van der Waals surface area contributed by atoms with Gasteiger partial charge < -0.3 is 4.90 Å². The molecule has 4 nitrogen and oxygen atoms in total. The molecule has 0 N–H and O–H groups in total. The van der Waals surface area contributed by atoms with Gasteiger partial charge in [-0.25, -0.2) is 0 Å². The Bertz CT molecular complexity index is 752. The summed E-state index contributed by atoms with van der Waals surface area (Å²) in [5.41, 5.74) is 2.15. The number of carbonyl (C=O) groups excluding carboxylic acids is 2. The van der Waals surface area contributed by atoms with Crippen molar-refractivity contribution in [1.29, 1.82) is 0 Å². The number of hydrogen-bond acceptors (Lipinski definition) is 3. The highest BCUT2D eigenvalue weighted by atomic mass is 16.2. The largest absolute Gasteiger partial charge is 0.366 e. The van der Waals surface area contributed by atoms with E-state index in [0.29, 0.717) is 23.1 Å². The van der Waals surface area contributed by atoms with E-state index >= 15 is 0 Å². The topological polar surface area (TPSA) is 40.6 Å². The zero-order chi connectivity index (χ0) is 19.7. The van der Waals surface area contributed by atoms with E-state index in [1.54, 1.807) is 4.90 Å². The Labute approximate surface area is 168 Å². The maximum atomic E-state index is 13.6. The smallest absolute Gasteiger partial charge is 0.278 e. The third-order valence-electron chi connectivity index (χ3n) is 6.53. The molecule has 1 aliphatic carbocycles. The average molecular weight is 381 g/mol. The van der Waals surface area contributed by atoms with E-state index in [1.807, 2.05) is 30.3 Å². The van der Waals surface area contributed by atoms with Gasteiger partial charge in [-0.3, -0.25) is 14.5 Å². The number of carbonyl (C=O) groups is 2. The summed E-state index contributed by atoms with van der Waals surface area (Å²) in [6.45, 7) is 6.20. The van der Waals surface area contributed by atoms with Gasteiger partial charge in [0, 0.05) is 19.1 Å². The van der Waals surface area contributed by atoms with Gasteiger partial charge in [-0.15, -0.1) is 0 Å². The molecule has 3 aliphatic rings. The number of benzene rings is 1. The second-order valence-electron chi connectivity index (χ2n) is 9.07. The van der Waals surface area contributed by atoms with Crippen LogP contribution in [0.4, 0.5) is 0 Å². The first-order valence-electron chi connectivity index (χ1n) is 11.0. The summed E-state index contributed by atoms with van der Waals surface area (Å²) in [4.78, 5) is 31.0. The third kappa shape index (κ3) is 3.61. The van der Waals surface area contributed by atoms with Gasteiger partial charge in [-0.05, 0) is 36.7 Å². The molecule has 1 aromatic rings. The van der Waals surface area contributed by atoms with Gasteiger partial charge in [0.1, 0.15) is 5.70 Å². The molecule has 0 bridgehead atoms. The quantitative estimate of drug-likeness (QED) is 0.574. The first-order valence-corrected chi connectivity index (χ1v) is 11.0. The lowest BCUT2D eigenvalue weighted by Gasteiger charge is -2.37. The molecular formula is C24H32N2O2. The summed E-state index contributed by atoms with van der Waals surface area (Å²) in [6, 6.07) is 9.85. The predicted octanol–water partition coefficient (Wildman–Crippen LogP) is 4.47. The van der Waals surface area contributed by atoms with Crippen molar-refractivity contribution in [2.75, 3.05) is 13.1 Å². The normalized spacial score (nSPS) is 27.5. The van der Waals surface area contributed by atoms with Crippen molar-refractivity contribution in [2.24, 2.45) is 11.8 Å². The molecule has 0 aromatic heterocycles. The van der Waals surface area contributed by atoms with Crippen LogP contribution in [0.3, 0.4) is 0 Å². The second kappa shape index (κ2) is 8.10. The Balaban J connectivity index is 1.74. The molecule has 0 radical (unpaired) electrons. The molecule has 1 aromatic carbocycles. The van der Waals surface area contributed by atoms with Gasteiger partial charge in [0.2, 0.25) is 0 Å². The number of piperidine rings is 1. The Morgan fingerprint density at radius 3 is 2.04 bits per heavy atom. The van der Waals surface area contributed by atoms with Gasteiger partial charge >= 0.3 is 0 Å². The predicted molar refractivity (Wildman–Crippen MR) is 111 cm³/mol. The Morgan fingerprint density at radius 2 is 1.43 bits per heavy atom. The fourth-order valence-corrected chi connectivity index (χ4v) is 5.39. The number of rotatable bonds is 3. The van der Waals surface area contributed by atoms with Gasteiger partial charge in [0.05, 0.1) is 5.57 Å². The molecule has 1 saturated heterocycles. The highest BCUT2D eigenvalue weighted by molar-refractivity contribution is 6.35. The van der Waals surface area contributed by atoms with Gasteiger partial charge in [0.25, 0.3) is 11.8 Å². The maximum Gasteiger partial charge on any atom is 0.278 e. The van der Waals surface area contributed by atoms with Crippen molar-refractivity contribution in [2.45, 2.75) is 64.8 Å². The Morgan fingerprint density at radius 1 is 0.821 bits per heavy atom. The summed E-state index contributed by atoms with van der Waals surface area (Å²) < 4.78 is 0. The minimum Gasteiger partial charge on any atom is -0.366 e. The molecule has 150 valence electrons. The van der Waals surface area contributed by atoms with Crippen LogP contribution in [0.2, 0.25) is 0 Å². The number of amides is 2. The van der Waals surface area contributed by atoms with Crippen molar-refractivity contribution < 1.29 is 9.59 Å². The third-order valence-corrected chi connectivity index (χ3v) is 6.53. The van der Waals surface area contributed by atoms with Crippen LogP contribution in [0.15, 0.2) is 36.0 Å². The average Bonchev–Trinajstić information content (AvgIpc) is 2.83. The maximum absolute atomic E-state index is 13.6. The standard InChI is InChI=1S/C24H32N2O2/c1-17-14-18(2)16-25(15-17)22-21(19-10-6-5-7-11-19)23(27)26(24(22)28)20-12-8-3-4-9-13-20/h5-7,10-11,17-18,20H,3-4,8-9,12-16H2,1-2H3. The minimum absolute atomic E-state index is 0.0540. The zero-order valence-electron chi connectivity index (χ0n) is 17.2. The fourth-order valence-electron chi connectivity index (χ4n) is 5.39. The first kappa shape index (κ1) is 19.2. The van der Waals surface area contributed by atoms with Crippen LogP contribution >= 0.6 is 0 Å². The van der Waals surface area contributed by atoms with Gasteiger partial charge in [-0.1, -0.05) is 69.9 Å². The summed E-state index contributed by atoms with van der Waals surface area (Å²) in [6.07, 6.45) is 7.70. The Kier molecular flexibility index (Phi) is 5.56. The van der Waals surface area contributed by atoms with Crippen molar-refractivity contribution in [3.63, 3.8) is 0 Å². The van der Waals surface area contributed by atoms with Crippen LogP contribution in [0.5, 0.6) is 0 Å². The minimum atomic E-state index is -0.0796. The van der Waals surface area contributed by atoms with E-state index in [-0.39, 0.29) is 17.9 Å². The molecule has 4 rings (SSSR count). The number of hydrogen-bond donors (Lipinski definition) is 0. The number of nitrogens with zero attached hydrogens (tertiary/aromatic N) is 2. The van der Waals surface area contributed by atoms with Crippen molar-refractivity contribution in [3.05, 3.63) is 41.6 Å². The van der Waals surface area contributed by atoms with Crippen molar-refractivity contribution in [1.82, 2.24) is 9.80 Å². The number of imide groups is 1. The van der Waals surface area contributed by atoms with E-state index in [9.17, 15) is 9.59 Å². The molecule has 2 aliphatic heterocycles. The van der Waals surface area contributed by atoms with E-state index in [1.165, 1.54) is 19.3 Å². The molecule has 4 heteroatoms. The highest BCUT2D eigenvalue weighted by Crippen LogP contribution is 2.37. The lowest BCUT2D eigenvalue weighted by molar-refractivity contribution is -0.140. The van der Waals surface area contributed by atoms with E-state index in [0.717, 1.165) is 44.3 Å². The Hall–Kier alpha value is -2.10. The van der Waals surface area contributed by atoms with Crippen LogP contribution in [-0.4, -0.2) is 40.7 Å². The molecular weight excluding hydrogens is 348 g/mol. The van der Waals surface area contributed by atoms with Crippen molar-refractivity contribution in [3.8, 4) is 0 Å². The molecule has 1 saturated carbocycles. The zero-order valence-corrected chi connectivity index (χ0v) is 17.2. The van der Waals surface area contributed by atoms with Gasteiger partial charge in [-0.2, -0.15) is 0 Å². The summed E-state index contributed by atoms with van der Waals surface area (Å²) in [5, 5.41) is 0. The van der Waals surface area contributed by atoms with Crippen LogP contribution < -0.4 is 0 Å². The first-order chi connectivity index (χ1) is 13.6. The molecule has 28 heavy (non-hydrogen) atoms. The molecule has 2 heterocycles. The van der Waals surface area contributed by atoms with Crippen LogP contribution in [-0.2, 0) is 9.59 Å². The lowest BCUT2D eigenvalue weighted by atomic mass is 9.91. The highest BCUT2D eigenvalue weighted by Gasteiger charge is 2.45. The molecule has 0 spiro atoms. The second-order valence-corrected chi connectivity index (χ2v) is 9.07. The SMILES string of the molecule is CC1CC(C)CN(C2=C(c3ccccc3)C(=O)N(C3CCCCCC3)C2=O)C1. The number of likely N-dealkylation sites (tertiary alicyclic amines) is 1. The fraction of sp³-hybridized carbons (Fsp3) is 0.583. The van der Waals surface area contributed by atoms with E-state index in [4.69, 9.17) is 0 Å². The van der Waals surface area contributed by atoms with E-state index < -0.39 is 0 Å². The van der Waals surface area contributed by atoms with Gasteiger partial charge in [0.15, 0.2) is 0 Å². The lowest BCUT2D eigenvalue weighted by Crippen LogP contribution is -2.44. The van der Waals surface area contributed by atoms with Crippen molar-refractivity contribution >= 4 is 17.4 Å². The van der Waals surface area contributed by atoms with Crippen LogP contribution in [0.1, 0.15) is 64.4 Å². The summed E-state index contributed by atoms with van der Waals surface area (Å²) in [7, 11) is 0. The van der Waals surface area contributed by atoms with Crippen LogP contribution in [0, 0.1) is 11.8 Å². The monoisotopic (exact) mass is 380 g/mol. The molecule has 2 atom stereocenters. The summed E-state index contributed by atoms with van der Waals surface area (Å²) in [5.74, 6) is 0.923. The van der Waals surface area contributed by atoms with E-state index in [2.05, 4.69) is 18.7 Å². The summed E-state index contributed by atoms with van der Waals surface area (Å²) >= 11 is 0. The molecule has 2 fully saturated rings. The molecule has 2 unspecified atom stereocenters. The van der Waals surface area contributed by atoms with Crippen LogP contribution in [0.25, 0.3) is 5.57 Å².